The second-order valence-corrected chi connectivity index (χ2v) is 5.72. The quantitative estimate of drug-likeness (QED) is 0.578. The molecular weight excluding hydrogens is 274 g/mol. The van der Waals surface area contributed by atoms with Crippen LogP contribution in [-0.4, -0.2) is 37.9 Å². The summed E-state index contributed by atoms with van der Waals surface area (Å²) < 4.78 is 5.67. The molecule has 0 heterocycles. The average Bonchev–Trinajstić information content (AvgIpc) is 2.52. The third-order valence-electron chi connectivity index (χ3n) is 3.45. The monoisotopic (exact) mass is 297 g/mol. The number of ether oxygens (including phenoxy) is 1. The Hall–Kier alpha value is -2.13. The van der Waals surface area contributed by atoms with Crippen LogP contribution in [0.1, 0.15) is 27.9 Å². The van der Waals surface area contributed by atoms with Gasteiger partial charge in [-0.05, 0) is 51.7 Å². The van der Waals surface area contributed by atoms with E-state index < -0.39 is 0 Å². The largest absolute Gasteiger partial charge is 0.494 e. The summed E-state index contributed by atoms with van der Waals surface area (Å²) in [6.07, 6.45) is 0.983. The minimum absolute atomic E-state index is 0.0409. The smallest absolute Gasteiger partial charge is 0.193 e. The van der Waals surface area contributed by atoms with Gasteiger partial charge in [-0.2, -0.15) is 0 Å². The second kappa shape index (κ2) is 7.76. The fourth-order valence-corrected chi connectivity index (χ4v) is 2.14. The molecule has 0 fully saturated rings. The first-order valence-electron chi connectivity index (χ1n) is 7.55. The highest BCUT2D eigenvalue weighted by atomic mass is 16.5. The summed E-state index contributed by atoms with van der Waals surface area (Å²) in [4.78, 5) is 14.5. The molecular formula is C19H23NO2. The molecule has 2 rings (SSSR count). The molecule has 0 spiro atoms. The average molecular weight is 297 g/mol. The summed E-state index contributed by atoms with van der Waals surface area (Å²) in [7, 11) is 4.09. The van der Waals surface area contributed by atoms with E-state index >= 15 is 0 Å². The molecule has 0 aliphatic rings. The molecule has 2 aromatic carbocycles. The number of ketones is 1. The van der Waals surface area contributed by atoms with Gasteiger partial charge < -0.3 is 9.64 Å². The standard InChI is InChI=1S/C19H23NO2/c1-15-5-7-16(8-6-15)19(21)17-9-11-18(12-10-17)22-14-4-13-20(2)3/h5-12H,4,13-14H2,1-3H3. The highest BCUT2D eigenvalue weighted by molar-refractivity contribution is 6.09. The van der Waals surface area contributed by atoms with Gasteiger partial charge in [0.05, 0.1) is 6.61 Å². The Morgan fingerprint density at radius 1 is 0.955 bits per heavy atom. The zero-order valence-corrected chi connectivity index (χ0v) is 13.5. The number of aryl methyl sites for hydroxylation is 1. The Morgan fingerprint density at radius 3 is 2.05 bits per heavy atom. The van der Waals surface area contributed by atoms with Crippen molar-refractivity contribution in [2.75, 3.05) is 27.2 Å². The Kier molecular flexibility index (Phi) is 5.73. The van der Waals surface area contributed by atoms with Gasteiger partial charge in [0.15, 0.2) is 5.78 Å². The molecule has 3 heteroatoms. The molecule has 22 heavy (non-hydrogen) atoms. The van der Waals surface area contributed by atoms with Gasteiger partial charge in [-0.3, -0.25) is 4.79 Å². The second-order valence-electron chi connectivity index (χ2n) is 5.72. The highest BCUT2D eigenvalue weighted by Gasteiger charge is 2.08. The topological polar surface area (TPSA) is 29.5 Å². The van der Waals surface area contributed by atoms with Crippen LogP contribution in [0.3, 0.4) is 0 Å². The number of carbonyl (C=O) groups excluding carboxylic acids is 1. The van der Waals surface area contributed by atoms with Crippen LogP contribution in [0.4, 0.5) is 0 Å². The molecule has 0 radical (unpaired) electrons. The van der Waals surface area contributed by atoms with Crippen molar-refractivity contribution in [1.82, 2.24) is 4.90 Å². The van der Waals surface area contributed by atoms with Crippen molar-refractivity contribution in [3.8, 4) is 5.75 Å². The van der Waals surface area contributed by atoms with E-state index in [0.717, 1.165) is 24.3 Å². The molecule has 0 amide bonds. The van der Waals surface area contributed by atoms with E-state index in [2.05, 4.69) is 4.90 Å². The third-order valence-corrected chi connectivity index (χ3v) is 3.45. The van der Waals surface area contributed by atoms with Gasteiger partial charge >= 0.3 is 0 Å². The lowest BCUT2D eigenvalue weighted by atomic mass is 10.0. The first kappa shape index (κ1) is 16.2. The molecule has 0 N–H and O–H groups in total. The summed E-state index contributed by atoms with van der Waals surface area (Å²) >= 11 is 0. The van der Waals surface area contributed by atoms with Gasteiger partial charge in [0, 0.05) is 17.7 Å². The number of rotatable bonds is 7. The molecule has 0 saturated carbocycles. The zero-order chi connectivity index (χ0) is 15.9. The van der Waals surface area contributed by atoms with Crippen LogP contribution < -0.4 is 4.74 Å². The normalized spacial score (nSPS) is 10.7. The van der Waals surface area contributed by atoms with E-state index in [4.69, 9.17) is 4.74 Å². The lowest BCUT2D eigenvalue weighted by molar-refractivity contribution is 0.103. The first-order chi connectivity index (χ1) is 10.6. The maximum absolute atomic E-state index is 12.4. The Labute approximate surface area is 132 Å². The minimum Gasteiger partial charge on any atom is -0.494 e. The SMILES string of the molecule is Cc1ccc(C(=O)c2ccc(OCCCN(C)C)cc2)cc1. The van der Waals surface area contributed by atoms with Gasteiger partial charge in [-0.25, -0.2) is 0 Å². The molecule has 0 bridgehead atoms. The van der Waals surface area contributed by atoms with Crippen molar-refractivity contribution in [3.05, 3.63) is 65.2 Å². The lowest BCUT2D eigenvalue weighted by Crippen LogP contribution is -2.15. The number of hydrogen-bond acceptors (Lipinski definition) is 3. The van der Waals surface area contributed by atoms with E-state index in [9.17, 15) is 4.79 Å². The Balaban J connectivity index is 1.93. The molecule has 0 aliphatic heterocycles. The number of carbonyl (C=O) groups is 1. The van der Waals surface area contributed by atoms with Crippen molar-refractivity contribution in [1.29, 1.82) is 0 Å². The maximum atomic E-state index is 12.4. The van der Waals surface area contributed by atoms with Crippen LogP contribution in [0.15, 0.2) is 48.5 Å². The molecule has 0 saturated heterocycles. The molecule has 0 atom stereocenters. The van der Waals surface area contributed by atoms with E-state index in [1.165, 1.54) is 0 Å². The van der Waals surface area contributed by atoms with E-state index in [1.807, 2.05) is 69.6 Å². The molecule has 3 nitrogen and oxygen atoms in total. The van der Waals surface area contributed by atoms with Gasteiger partial charge in [-0.1, -0.05) is 29.8 Å². The van der Waals surface area contributed by atoms with Crippen molar-refractivity contribution < 1.29 is 9.53 Å². The van der Waals surface area contributed by atoms with Gasteiger partial charge in [0.1, 0.15) is 5.75 Å². The van der Waals surface area contributed by atoms with Gasteiger partial charge in [0.2, 0.25) is 0 Å². The molecule has 116 valence electrons. The number of benzene rings is 2. The fourth-order valence-electron chi connectivity index (χ4n) is 2.14. The maximum Gasteiger partial charge on any atom is 0.193 e. The Morgan fingerprint density at radius 2 is 1.50 bits per heavy atom. The van der Waals surface area contributed by atoms with Crippen molar-refractivity contribution in [3.63, 3.8) is 0 Å². The number of nitrogens with zero attached hydrogens (tertiary/aromatic N) is 1. The highest BCUT2D eigenvalue weighted by Crippen LogP contribution is 2.16. The van der Waals surface area contributed by atoms with Crippen molar-refractivity contribution >= 4 is 5.78 Å². The molecule has 0 unspecified atom stereocenters. The third kappa shape index (κ3) is 4.71. The van der Waals surface area contributed by atoms with Crippen LogP contribution in [-0.2, 0) is 0 Å². The van der Waals surface area contributed by atoms with Crippen molar-refractivity contribution in [2.24, 2.45) is 0 Å². The summed E-state index contributed by atoms with van der Waals surface area (Å²) in [5.41, 5.74) is 2.55. The predicted octanol–water partition coefficient (Wildman–Crippen LogP) is 3.56. The van der Waals surface area contributed by atoms with E-state index in [-0.39, 0.29) is 5.78 Å². The fraction of sp³-hybridized carbons (Fsp3) is 0.316. The van der Waals surface area contributed by atoms with E-state index in [0.29, 0.717) is 17.7 Å². The summed E-state index contributed by atoms with van der Waals surface area (Å²) in [5.74, 6) is 0.846. The minimum atomic E-state index is 0.0409. The summed E-state index contributed by atoms with van der Waals surface area (Å²) in [5, 5.41) is 0. The van der Waals surface area contributed by atoms with Gasteiger partial charge in [-0.15, -0.1) is 0 Å². The van der Waals surface area contributed by atoms with E-state index in [1.54, 1.807) is 0 Å². The van der Waals surface area contributed by atoms with Crippen LogP contribution in [0.5, 0.6) is 5.75 Å². The van der Waals surface area contributed by atoms with Crippen LogP contribution >= 0.6 is 0 Å². The Bertz CT molecular complexity index is 600. The van der Waals surface area contributed by atoms with Crippen LogP contribution in [0, 0.1) is 6.92 Å². The number of hydrogen-bond donors (Lipinski definition) is 0. The van der Waals surface area contributed by atoms with Crippen LogP contribution in [0.25, 0.3) is 0 Å². The zero-order valence-electron chi connectivity index (χ0n) is 13.5. The lowest BCUT2D eigenvalue weighted by Gasteiger charge is -2.10. The van der Waals surface area contributed by atoms with Crippen molar-refractivity contribution in [2.45, 2.75) is 13.3 Å². The predicted molar refractivity (Wildman–Crippen MR) is 89.7 cm³/mol. The van der Waals surface area contributed by atoms with Gasteiger partial charge in [0.25, 0.3) is 0 Å². The molecule has 0 aliphatic carbocycles. The summed E-state index contributed by atoms with van der Waals surface area (Å²) in [6.45, 7) is 3.70. The molecule has 0 aromatic heterocycles. The van der Waals surface area contributed by atoms with Crippen LogP contribution in [0.2, 0.25) is 0 Å². The summed E-state index contributed by atoms with van der Waals surface area (Å²) in [6, 6.07) is 15.0. The first-order valence-corrected chi connectivity index (χ1v) is 7.55. The molecule has 2 aromatic rings.